The number of rotatable bonds is 9. The summed E-state index contributed by atoms with van der Waals surface area (Å²) in [7, 11) is 1.61. The molecule has 2 aromatic carbocycles. The van der Waals surface area contributed by atoms with Gasteiger partial charge in [-0.1, -0.05) is 60.7 Å². The molecule has 1 N–H and O–H groups in total. The Hall–Kier alpha value is -1.72. The van der Waals surface area contributed by atoms with Gasteiger partial charge in [0.25, 0.3) is 0 Å². The fraction of sp³-hybridized carbons (Fsp3) is 0.368. The molecule has 0 spiro atoms. The highest BCUT2D eigenvalue weighted by molar-refractivity contribution is 5.27. The van der Waals surface area contributed by atoms with Gasteiger partial charge in [-0.05, 0) is 12.5 Å². The molecule has 2 aromatic rings. The van der Waals surface area contributed by atoms with Crippen molar-refractivity contribution in [1.29, 1.82) is 0 Å². The lowest BCUT2D eigenvalue weighted by atomic mass is 9.94. The van der Waals surface area contributed by atoms with Crippen LogP contribution >= 0.6 is 0 Å². The maximum absolute atomic E-state index is 11.0. The van der Waals surface area contributed by atoms with Crippen molar-refractivity contribution >= 4 is 0 Å². The number of hydrogen-bond donors (Lipinski definition) is 1. The lowest BCUT2D eigenvalue weighted by molar-refractivity contribution is -0.297. The summed E-state index contributed by atoms with van der Waals surface area (Å²) in [5.41, 5.74) is 1.51. The second-order valence-corrected chi connectivity index (χ2v) is 5.12. The Balaban J connectivity index is 2.42. The van der Waals surface area contributed by atoms with E-state index in [4.69, 9.17) is 14.2 Å². The van der Waals surface area contributed by atoms with Crippen molar-refractivity contribution in [2.45, 2.75) is 18.8 Å². The standard InChI is InChI=1S/C19H24O4/c1-3-22-19(23-15-14-21-2,17-12-8-5-9-13-17)18(20)16-10-6-4-7-11-16/h4-13,18,20H,3,14-15H2,1-2H3. The molecule has 0 saturated carbocycles. The minimum atomic E-state index is -1.27. The number of aliphatic hydroxyl groups excluding tert-OH is 1. The maximum Gasteiger partial charge on any atom is 0.226 e. The van der Waals surface area contributed by atoms with Crippen LogP contribution in [0, 0.1) is 0 Å². The monoisotopic (exact) mass is 316 g/mol. The van der Waals surface area contributed by atoms with Crippen LogP contribution in [0.15, 0.2) is 60.7 Å². The topological polar surface area (TPSA) is 47.9 Å². The molecule has 23 heavy (non-hydrogen) atoms. The third-order valence-corrected chi connectivity index (χ3v) is 3.61. The summed E-state index contributed by atoms with van der Waals surface area (Å²) < 4.78 is 17.0. The largest absolute Gasteiger partial charge is 0.382 e. The van der Waals surface area contributed by atoms with Crippen LogP contribution in [-0.4, -0.2) is 32.0 Å². The van der Waals surface area contributed by atoms with Crippen molar-refractivity contribution in [3.63, 3.8) is 0 Å². The summed E-state index contributed by atoms with van der Waals surface area (Å²) in [5, 5.41) is 11.0. The van der Waals surface area contributed by atoms with Gasteiger partial charge in [0.1, 0.15) is 6.10 Å². The van der Waals surface area contributed by atoms with Crippen LogP contribution in [0.3, 0.4) is 0 Å². The normalized spacial score (nSPS) is 15.1. The molecule has 0 heterocycles. The highest BCUT2D eigenvalue weighted by atomic mass is 16.7. The van der Waals surface area contributed by atoms with Crippen molar-refractivity contribution in [2.75, 3.05) is 26.9 Å². The molecule has 4 nitrogen and oxygen atoms in total. The predicted molar refractivity (Wildman–Crippen MR) is 89.0 cm³/mol. The fourth-order valence-corrected chi connectivity index (χ4v) is 2.54. The van der Waals surface area contributed by atoms with E-state index in [1.54, 1.807) is 7.11 Å². The highest BCUT2D eigenvalue weighted by Gasteiger charge is 2.43. The third-order valence-electron chi connectivity index (χ3n) is 3.61. The average molecular weight is 316 g/mol. The molecule has 0 aromatic heterocycles. The lowest BCUT2D eigenvalue weighted by Gasteiger charge is -2.38. The van der Waals surface area contributed by atoms with E-state index in [0.29, 0.717) is 19.8 Å². The van der Waals surface area contributed by atoms with Crippen LogP contribution in [0.25, 0.3) is 0 Å². The zero-order valence-electron chi connectivity index (χ0n) is 13.6. The zero-order valence-corrected chi connectivity index (χ0v) is 13.6. The van der Waals surface area contributed by atoms with Crippen LogP contribution in [0.4, 0.5) is 0 Å². The zero-order chi connectivity index (χ0) is 16.5. The van der Waals surface area contributed by atoms with E-state index in [1.165, 1.54) is 0 Å². The molecule has 0 fully saturated rings. The van der Waals surface area contributed by atoms with Crippen molar-refractivity contribution in [2.24, 2.45) is 0 Å². The summed E-state index contributed by atoms with van der Waals surface area (Å²) in [6, 6.07) is 18.9. The molecule has 0 bridgehead atoms. The fourth-order valence-electron chi connectivity index (χ4n) is 2.54. The predicted octanol–water partition coefficient (Wildman–Crippen LogP) is 3.27. The van der Waals surface area contributed by atoms with Gasteiger partial charge in [0.05, 0.1) is 13.2 Å². The smallest absolute Gasteiger partial charge is 0.226 e. The SMILES string of the molecule is CCOC(OCCOC)(c1ccccc1)C(O)c1ccccc1. The molecule has 0 aliphatic rings. The summed E-state index contributed by atoms with van der Waals surface area (Å²) in [4.78, 5) is 0. The van der Waals surface area contributed by atoms with Crippen LogP contribution < -0.4 is 0 Å². The second-order valence-electron chi connectivity index (χ2n) is 5.12. The number of benzene rings is 2. The Bertz CT molecular complexity index is 558. The highest BCUT2D eigenvalue weighted by Crippen LogP contribution is 2.39. The van der Waals surface area contributed by atoms with Gasteiger partial charge in [-0.2, -0.15) is 0 Å². The van der Waals surface area contributed by atoms with E-state index >= 15 is 0 Å². The summed E-state index contributed by atoms with van der Waals surface area (Å²) in [6.45, 7) is 3.03. The molecule has 2 rings (SSSR count). The van der Waals surface area contributed by atoms with Gasteiger partial charge in [0, 0.05) is 19.3 Å². The number of ether oxygens (including phenoxy) is 3. The van der Waals surface area contributed by atoms with Crippen LogP contribution in [0.1, 0.15) is 24.2 Å². The van der Waals surface area contributed by atoms with E-state index in [0.717, 1.165) is 11.1 Å². The minimum Gasteiger partial charge on any atom is -0.382 e. The first-order chi connectivity index (χ1) is 11.2. The van der Waals surface area contributed by atoms with Crippen LogP contribution in [0.2, 0.25) is 0 Å². The van der Waals surface area contributed by atoms with Crippen molar-refractivity contribution < 1.29 is 19.3 Å². The molecular weight excluding hydrogens is 292 g/mol. The molecule has 2 atom stereocenters. The minimum absolute atomic E-state index is 0.315. The van der Waals surface area contributed by atoms with E-state index in [2.05, 4.69) is 0 Å². The Morgan fingerprint density at radius 1 is 0.913 bits per heavy atom. The summed E-state index contributed by atoms with van der Waals surface area (Å²) in [5.74, 6) is -1.27. The number of aliphatic hydroxyl groups is 1. The van der Waals surface area contributed by atoms with Crippen LogP contribution in [-0.2, 0) is 20.0 Å². The molecule has 0 aliphatic carbocycles. The van der Waals surface area contributed by atoms with E-state index in [9.17, 15) is 5.11 Å². The number of methoxy groups -OCH3 is 1. The molecule has 0 saturated heterocycles. The molecule has 124 valence electrons. The molecule has 2 unspecified atom stereocenters. The average Bonchev–Trinajstić information content (AvgIpc) is 2.62. The molecule has 0 aliphatic heterocycles. The van der Waals surface area contributed by atoms with Gasteiger partial charge in [-0.3, -0.25) is 0 Å². The summed E-state index contributed by atoms with van der Waals surface area (Å²) >= 11 is 0. The maximum atomic E-state index is 11.0. The Kier molecular flexibility index (Phi) is 6.74. The molecule has 4 heteroatoms. The van der Waals surface area contributed by atoms with Gasteiger partial charge in [-0.15, -0.1) is 0 Å². The van der Waals surface area contributed by atoms with Crippen molar-refractivity contribution in [3.05, 3.63) is 71.8 Å². The molecular formula is C19H24O4. The third kappa shape index (κ3) is 4.18. The van der Waals surface area contributed by atoms with Gasteiger partial charge in [0.2, 0.25) is 5.79 Å². The second kappa shape index (κ2) is 8.79. The van der Waals surface area contributed by atoms with Gasteiger partial charge < -0.3 is 19.3 Å². The molecule has 0 amide bonds. The Morgan fingerprint density at radius 3 is 2.09 bits per heavy atom. The Morgan fingerprint density at radius 2 is 1.52 bits per heavy atom. The van der Waals surface area contributed by atoms with E-state index < -0.39 is 11.9 Å². The quantitative estimate of drug-likeness (QED) is 0.570. The summed E-state index contributed by atoms with van der Waals surface area (Å²) in [6.07, 6.45) is -0.956. The van der Waals surface area contributed by atoms with Crippen LogP contribution in [0.5, 0.6) is 0 Å². The van der Waals surface area contributed by atoms with Crippen molar-refractivity contribution in [3.8, 4) is 0 Å². The van der Waals surface area contributed by atoms with E-state index in [1.807, 2.05) is 67.6 Å². The van der Waals surface area contributed by atoms with Gasteiger partial charge >= 0.3 is 0 Å². The van der Waals surface area contributed by atoms with Gasteiger partial charge in [-0.25, -0.2) is 0 Å². The van der Waals surface area contributed by atoms with Gasteiger partial charge in [0.15, 0.2) is 0 Å². The lowest BCUT2D eigenvalue weighted by Crippen LogP contribution is -2.40. The van der Waals surface area contributed by atoms with E-state index in [-0.39, 0.29) is 0 Å². The first-order valence-electron chi connectivity index (χ1n) is 7.80. The molecule has 0 radical (unpaired) electrons. The van der Waals surface area contributed by atoms with Crippen molar-refractivity contribution in [1.82, 2.24) is 0 Å². The number of hydrogen-bond acceptors (Lipinski definition) is 4. The first kappa shape index (κ1) is 17.6. The Labute approximate surface area is 137 Å². The first-order valence-corrected chi connectivity index (χ1v) is 7.80.